The van der Waals surface area contributed by atoms with E-state index in [1.807, 2.05) is 13.8 Å². The summed E-state index contributed by atoms with van der Waals surface area (Å²) in [5.41, 5.74) is 0.607. The van der Waals surface area contributed by atoms with E-state index in [4.69, 9.17) is 9.47 Å². The molecule has 1 saturated heterocycles. The number of fused-ring (bicyclic) bond motifs is 5. The SMILES string of the molecule is C=CCC1CCC2C3CC[C@@H]4CC5(CC[C@@H]4C3CC[C@]12C)OCCO5.CC. The lowest BCUT2D eigenvalue weighted by Crippen LogP contribution is -2.51. The van der Waals surface area contributed by atoms with E-state index >= 15 is 0 Å². The number of rotatable bonds is 2. The minimum Gasteiger partial charge on any atom is -0.348 e. The minimum absolute atomic E-state index is 0.181. The Morgan fingerprint density at radius 1 is 0.889 bits per heavy atom. The van der Waals surface area contributed by atoms with Gasteiger partial charge in [-0.3, -0.25) is 0 Å². The molecule has 0 N–H and O–H groups in total. The summed E-state index contributed by atoms with van der Waals surface area (Å²) in [5, 5.41) is 0. The van der Waals surface area contributed by atoms with Crippen LogP contribution < -0.4 is 0 Å². The molecule has 1 spiro atoms. The van der Waals surface area contributed by atoms with Crippen molar-refractivity contribution < 1.29 is 9.47 Å². The Hall–Kier alpha value is -0.340. The third kappa shape index (κ3) is 3.23. The highest BCUT2D eigenvalue weighted by atomic mass is 16.7. The van der Waals surface area contributed by atoms with Crippen LogP contribution in [0.4, 0.5) is 0 Å². The number of ether oxygens (including phenoxy) is 2. The summed E-state index contributed by atoms with van der Waals surface area (Å²) < 4.78 is 12.1. The Bertz CT molecular complexity index is 522. The van der Waals surface area contributed by atoms with Crippen molar-refractivity contribution in [2.24, 2.45) is 40.9 Å². The lowest BCUT2D eigenvalue weighted by atomic mass is 9.49. The molecule has 154 valence electrons. The quantitative estimate of drug-likeness (QED) is 0.507. The number of hydrogen-bond donors (Lipinski definition) is 0. The third-order valence-electron chi connectivity index (χ3n) is 9.41. The Morgan fingerprint density at radius 2 is 1.63 bits per heavy atom. The highest BCUT2D eigenvalue weighted by Crippen LogP contribution is 2.65. The highest BCUT2D eigenvalue weighted by molar-refractivity contribution is 5.07. The first-order valence-corrected chi connectivity index (χ1v) is 12.0. The largest absolute Gasteiger partial charge is 0.348 e. The second-order valence-electron chi connectivity index (χ2n) is 10.1. The zero-order valence-corrected chi connectivity index (χ0v) is 18.1. The van der Waals surface area contributed by atoms with E-state index in [0.717, 1.165) is 55.1 Å². The summed E-state index contributed by atoms with van der Waals surface area (Å²) in [6.07, 6.45) is 15.9. The van der Waals surface area contributed by atoms with Gasteiger partial charge in [-0.05, 0) is 92.3 Å². The van der Waals surface area contributed by atoms with Crippen LogP contribution in [0.1, 0.15) is 85.0 Å². The first-order chi connectivity index (χ1) is 13.2. The van der Waals surface area contributed by atoms with Gasteiger partial charge in [0.1, 0.15) is 0 Å². The molecule has 0 aromatic carbocycles. The molecule has 0 aromatic heterocycles. The summed E-state index contributed by atoms with van der Waals surface area (Å²) in [4.78, 5) is 0. The van der Waals surface area contributed by atoms with Crippen molar-refractivity contribution in [3.8, 4) is 0 Å². The molecule has 1 heterocycles. The summed E-state index contributed by atoms with van der Waals surface area (Å²) in [5.74, 6) is 5.55. The molecule has 4 aliphatic carbocycles. The molecule has 0 bridgehead atoms. The van der Waals surface area contributed by atoms with Crippen molar-refractivity contribution in [2.45, 2.75) is 90.8 Å². The van der Waals surface area contributed by atoms with Gasteiger partial charge in [0.2, 0.25) is 0 Å². The maximum atomic E-state index is 6.06. The van der Waals surface area contributed by atoms with Crippen molar-refractivity contribution in [1.82, 2.24) is 0 Å². The fourth-order valence-corrected chi connectivity index (χ4v) is 8.28. The van der Waals surface area contributed by atoms with E-state index in [1.54, 1.807) is 0 Å². The van der Waals surface area contributed by atoms with Crippen LogP contribution in [0.25, 0.3) is 0 Å². The fourth-order valence-electron chi connectivity index (χ4n) is 8.28. The Balaban J connectivity index is 0.000000872. The van der Waals surface area contributed by atoms with Crippen molar-refractivity contribution in [3.05, 3.63) is 12.7 Å². The lowest BCUT2D eigenvalue weighted by molar-refractivity contribution is -0.209. The molecule has 2 nitrogen and oxygen atoms in total. The molecular formula is C25H42O2. The summed E-state index contributed by atoms with van der Waals surface area (Å²) in [6, 6.07) is 0. The molecule has 4 unspecified atom stereocenters. The normalized spacial score (nSPS) is 47.4. The van der Waals surface area contributed by atoms with Crippen LogP contribution in [0, 0.1) is 40.9 Å². The van der Waals surface area contributed by atoms with Crippen LogP contribution in [0.2, 0.25) is 0 Å². The molecule has 1 aliphatic heterocycles. The standard InChI is InChI=1S/C23H36O2.C2H6/c1-3-4-17-6-8-21-20-7-5-16-15-23(24-13-14-25-23)12-10-18(16)19(20)9-11-22(17,21)2;1-2/h3,16-21H,1,4-15H2,2H3;1-2H3/t16-,17?,18+,19?,20?,21?,22-;/m1./s1. The van der Waals surface area contributed by atoms with Gasteiger partial charge < -0.3 is 9.47 Å². The third-order valence-corrected chi connectivity index (χ3v) is 9.41. The molecule has 0 amide bonds. The summed E-state index contributed by atoms with van der Waals surface area (Å²) in [6.45, 7) is 12.3. The molecule has 4 saturated carbocycles. The second kappa shape index (κ2) is 7.82. The summed E-state index contributed by atoms with van der Waals surface area (Å²) >= 11 is 0. The van der Waals surface area contributed by atoms with Crippen molar-refractivity contribution >= 4 is 0 Å². The fraction of sp³-hybridized carbons (Fsp3) is 0.920. The molecule has 5 aliphatic rings. The maximum Gasteiger partial charge on any atom is 0.168 e. The van der Waals surface area contributed by atoms with Gasteiger partial charge >= 0.3 is 0 Å². The average Bonchev–Trinajstić information content (AvgIpc) is 3.28. The molecular weight excluding hydrogens is 332 g/mol. The zero-order chi connectivity index (χ0) is 19.1. The Labute approximate surface area is 167 Å². The van der Waals surface area contributed by atoms with Gasteiger partial charge in [-0.1, -0.05) is 26.8 Å². The van der Waals surface area contributed by atoms with E-state index in [9.17, 15) is 0 Å². The maximum absolute atomic E-state index is 6.06. The molecule has 2 heteroatoms. The van der Waals surface area contributed by atoms with Crippen LogP contribution >= 0.6 is 0 Å². The predicted molar refractivity (Wildman–Crippen MR) is 111 cm³/mol. The van der Waals surface area contributed by atoms with Crippen molar-refractivity contribution in [1.29, 1.82) is 0 Å². The molecule has 7 atom stereocenters. The molecule has 27 heavy (non-hydrogen) atoms. The molecule has 0 aromatic rings. The van der Waals surface area contributed by atoms with Crippen LogP contribution in [0.15, 0.2) is 12.7 Å². The number of allylic oxidation sites excluding steroid dienone is 1. The van der Waals surface area contributed by atoms with Crippen LogP contribution in [-0.2, 0) is 9.47 Å². The van der Waals surface area contributed by atoms with E-state index < -0.39 is 0 Å². The van der Waals surface area contributed by atoms with E-state index in [0.29, 0.717) is 5.41 Å². The molecule has 5 rings (SSSR count). The molecule has 0 radical (unpaired) electrons. The molecule has 5 fully saturated rings. The van der Waals surface area contributed by atoms with Crippen LogP contribution in [0.5, 0.6) is 0 Å². The van der Waals surface area contributed by atoms with Gasteiger partial charge in [-0.15, -0.1) is 6.58 Å². The van der Waals surface area contributed by atoms with Gasteiger partial charge in [-0.2, -0.15) is 0 Å². The minimum atomic E-state index is -0.181. The van der Waals surface area contributed by atoms with E-state index in [-0.39, 0.29) is 5.79 Å². The lowest BCUT2D eigenvalue weighted by Gasteiger charge is -2.57. The smallest absolute Gasteiger partial charge is 0.168 e. The number of hydrogen-bond acceptors (Lipinski definition) is 2. The second-order valence-corrected chi connectivity index (χ2v) is 10.1. The van der Waals surface area contributed by atoms with Gasteiger partial charge in [-0.25, -0.2) is 0 Å². The van der Waals surface area contributed by atoms with Gasteiger partial charge in [0.15, 0.2) is 5.79 Å². The Morgan fingerprint density at radius 3 is 2.37 bits per heavy atom. The van der Waals surface area contributed by atoms with Crippen LogP contribution in [-0.4, -0.2) is 19.0 Å². The topological polar surface area (TPSA) is 18.5 Å². The highest BCUT2D eigenvalue weighted by Gasteiger charge is 2.58. The average molecular weight is 375 g/mol. The van der Waals surface area contributed by atoms with Crippen molar-refractivity contribution in [2.75, 3.05) is 13.2 Å². The first-order valence-electron chi connectivity index (χ1n) is 12.0. The Kier molecular flexibility index (Phi) is 5.78. The van der Waals surface area contributed by atoms with Crippen LogP contribution in [0.3, 0.4) is 0 Å². The van der Waals surface area contributed by atoms with Gasteiger partial charge in [0, 0.05) is 12.8 Å². The monoisotopic (exact) mass is 374 g/mol. The van der Waals surface area contributed by atoms with Crippen molar-refractivity contribution in [3.63, 3.8) is 0 Å². The first kappa shape index (κ1) is 20.0. The van der Waals surface area contributed by atoms with Gasteiger partial charge in [0.25, 0.3) is 0 Å². The summed E-state index contributed by atoms with van der Waals surface area (Å²) in [7, 11) is 0. The van der Waals surface area contributed by atoms with E-state index in [2.05, 4.69) is 19.6 Å². The predicted octanol–water partition coefficient (Wildman–Crippen LogP) is 6.60. The zero-order valence-electron chi connectivity index (χ0n) is 18.1. The van der Waals surface area contributed by atoms with Gasteiger partial charge in [0.05, 0.1) is 13.2 Å². The van der Waals surface area contributed by atoms with E-state index in [1.165, 1.54) is 57.8 Å².